The summed E-state index contributed by atoms with van der Waals surface area (Å²) in [5.41, 5.74) is 2.01. The molecule has 2 rings (SSSR count). The number of nitrogens with one attached hydrogen (secondary N) is 3. The quantitative estimate of drug-likeness (QED) is 0.375. The highest BCUT2D eigenvalue weighted by atomic mass is 19.1. The summed E-state index contributed by atoms with van der Waals surface area (Å²) in [5.74, 6) is 0.600. The molecule has 0 saturated heterocycles. The van der Waals surface area contributed by atoms with E-state index in [1.54, 1.807) is 0 Å². The molecule has 0 amide bonds. The van der Waals surface area contributed by atoms with Crippen molar-refractivity contribution >= 4 is 16.9 Å². The Bertz CT molecular complexity index is 654. The second-order valence-electron chi connectivity index (χ2n) is 5.49. The fraction of sp³-hybridized carbons (Fsp3) is 0.500. The fourth-order valence-corrected chi connectivity index (χ4v) is 2.52. The lowest BCUT2D eigenvalue weighted by atomic mass is 10.1. The van der Waals surface area contributed by atoms with Crippen molar-refractivity contribution in [2.24, 2.45) is 4.99 Å². The fourth-order valence-electron chi connectivity index (χ4n) is 2.52. The van der Waals surface area contributed by atoms with Crippen LogP contribution < -0.4 is 10.6 Å². The Morgan fingerprint density at radius 2 is 2.17 bits per heavy atom. The highest BCUT2D eigenvalue weighted by molar-refractivity contribution is 5.83. The predicted octanol–water partition coefficient (Wildman–Crippen LogP) is 2.83. The number of H-pyrrole nitrogens is 1. The van der Waals surface area contributed by atoms with E-state index < -0.39 is 0 Å². The van der Waals surface area contributed by atoms with E-state index in [4.69, 9.17) is 4.74 Å². The maximum absolute atomic E-state index is 13.2. The highest BCUT2D eigenvalue weighted by Gasteiger charge is 2.05. The number of ether oxygens (including phenoxy) is 1. The van der Waals surface area contributed by atoms with Crippen molar-refractivity contribution in [2.45, 2.75) is 26.7 Å². The zero-order valence-corrected chi connectivity index (χ0v) is 14.5. The van der Waals surface area contributed by atoms with E-state index in [1.165, 1.54) is 17.7 Å². The molecule has 1 aromatic carbocycles. The lowest BCUT2D eigenvalue weighted by molar-refractivity contribution is 0.146. The van der Waals surface area contributed by atoms with Crippen molar-refractivity contribution in [3.8, 4) is 0 Å². The van der Waals surface area contributed by atoms with Crippen LogP contribution in [-0.2, 0) is 11.2 Å². The first kappa shape index (κ1) is 18.3. The molecular weight excluding hydrogens is 307 g/mol. The van der Waals surface area contributed by atoms with E-state index >= 15 is 0 Å². The van der Waals surface area contributed by atoms with Crippen LogP contribution in [0.1, 0.15) is 25.8 Å². The van der Waals surface area contributed by atoms with E-state index in [-0.39, 0.29) is 5.82 Å². The number of benzene rings is 1. The van der Waals surface area contributed by atoms with Gasteiger partial charge in [-0.2, -0.15) is 0 Å². The molecule has 0 aliphatic rings. The zero-order chi connectivity index (χ0) is 17.2. The Labute approximate surface area is 142 Å². The van der Waals surface area contributed by atoms with E-state index in [0.717, 1.165) is 62.6 Å². The second kappa shape index (κ2) is 9.93. The van der Waals surface area contributed by atoms with Crippen LogP contribution in [0.2, 0.25) is 0 Å². The standard InChI is InChI=1S/C18H27FN4O/c1-3-20-18(21-9-5-11-24-4-2)22-10-8-14-13-23-17-12-15(19)6-7-16(14)17/h6-7,12-13,23H,3-5,8-11H2,1-2H3,(H2,20,21,22). The average Bonchev–Trinajstić information content (AvgIpc) is 2.96. The summed E-state index contributed by atoms with van der Waals surface area (Å²) < 4.78 is 18.5. The van der Waals surface area contributed by atoms with Gasteiger partial charge in [0.1, 0.15) is 5.82 Å². The van der Waals surface area contributed by atoms with Gasteiger partial charge in [-0.05, 0) is 50.5 Å². The third-order valence-electron chi connectivity index (χ3n) is 3.68. The summed E-state index contributed by atoms with van der Waals surface area (Å²) in [6.45, 7) is 7.86. The van der Waals surface area contributed by atoms with Crippen LogP contribution in [0.4, 0.5) is 4.39 Å². The number of aromatic amines is 1. The first-order valence-corrected chi connectivity index (χ1v) is 8.60. The van der Waals surface area contributed by atoms with E-state index in [1.807, 2.05) is 26.1 Å². The molecule has 2 aromatic rings. The SMILES string of the molecule is CCNC(=NCCCOCC)NCCc1c[nH]c2cc(F)ccc12. The Morgan fingerprint density at radius 1 is 1.29 bits per heavy atom. The predicted molar refractivity (Wildman–Crippen MR) is 97.1 cm³/mol. The van der Waals surface area contributed by atoms with Gasteiger partial charge in [0.25, 0.3) is 0 Å². The highest BCUT2D eigenvalue weighted by Crippen LogP contribution is 2.19. The molecule has 1 heterocycles. The molecule has 0 fully saturated rings. The molecule has 0 saturated carbocycles. The number of guanidine groups is 1. The number of rotatable bonds is 9. The lowest BCUT2D eigenvalue weighted by Gasteiger charge is -2.11. The Hall–Kier alpha value is -2.08. The van der Waals surface area contributed by atoms with Gasteiger partial charge in [-0.15, -0.1) is 0 Å². The zero-order valence-electron chi connectivity index (χ0n) is 14.5. The maximum Gasteiger partial charge on any atom is 0.191 e. The van der Waals surface area contributed by atoms with Crippen LogP contribution in [0.25, 0.3) is 10.9 Å². The van der Waals surface area contributed by atoms with E-state index in [0.29, 0.717) is 0 Å². The van der Waals surface area contributed by atoms with Gasteiger partial charge in [0, 0.05) is 49.9 Å². The van der Waals surface area contributed by atoms with Gasteiger partial charge in [-0.3, -0.25) is 4.99 Å². The molecule has 132 valence electrons. The Kier molecular flexibility index (Phi) is 7.55. The summed E-state index contributed by atoms with van der Waals surface area (Å²) in [7, 11) is 0. The van der Waals surface area contributed by atoms with Crippen molar-refractivity contribution in [3.63, 3.8) is 0 Å². The second-order valence-corrected chi connectivity index (χ2v) is 5.49. The van der Waals surface area contributed by atoms with Gasteiger partial charge in [-0.1, -0.05) is 0 Å². The third kappa shape index (κ3) is 5.53. The smallest absolute Gasteiger partial charge is 0.191 e. The number of halogens is 1. The number of fused-ring (bicyclic) bond motifs is 1. The van der Waals surface area contributed by atoms with Crippen molar-refractivity contribution in [1.82, 2.24) is 15.6 Å². The van der Waals surface area contributed by atoms with Gasteiger partial charge in [0.15, 0.2) is 5.96 Å². The van der Waals surface area contributed by atoms with Gasteiger partial charge in [0.05, 0.1) is 0 Å². The first-order chi connectivity index (χ1) is 11.7. The van der Waals surface area contributed by atoms with Crippen LogP contribution in [0.15, 0.2) is 29.4 Å². The molecule has 5 nitrogen and oxygen atoms in total. The average molecular weight is 334 g/mol. The molecule has 0 radical (unpaired) electrons. The van der Waals surface area contributed by atoms with Gasteiger partial charge >= 0.3 is 0 Å². The molecule has 0 atom stereocenters. The summed E-state index contributed by atoms with van der Waals surface area (Å²) in [6.07, 6.45) is 3.70. The minimum absolute atomic E-state index is 0.220. The van der Waals surface area contributed by atoms with Crippen LogP contribution in [-0.4, -0.2) is 43.8 Å². The third-order valence-corrected chi connectivity index (χ3v) is 3.68. The van der Waals surface area contributed by atoms with Crippen molar-refractivity contribution in [2.75, 3.05) is 32.8 Å². The van der Waals surface area contributed by atoms with Crippen LogP contribution in [0.3, 0.4) is 0 Å². The van der Waals surface area contributed by atoms with E-state index in [2.05, 4.69) is 20.6 Å². The molecule has 0 aliphatic heterocycles. The summed E-state index contributed by atoms with van der Waals surface area (Å²) in [6, 6.07) is 4.84. The maximum atomic E-state index is 13.2. The minimum atomic E-state index is -0.220. The van der Waals surface area contributed by atoms with Crippen LogP contribution >= 0.6 is 0 Å². The Morgan fingerprint density at radius 3 is 2.96 bits per heavy atom. The minimum Gasteiger partial charge on any atom is -0.382 e. The molecule has 6 heteroatoms. The molecule has 1 aromatic heterocycles. The molecule has 0 bridgehead atoms. The summed E-state index contributed by atoms with van der Waals surface area (Å²) in [5, 5.41) is 7.64. The first-order valence-electron chi connectivity index (χ1n) is 8.60. The van der Waals surface area contributed by atoms with Crippen molar-refractivity contribution in [3.05, 3.63) is 35.8 Å². The number of hydrogen-bond donors (Lipinski definition) is 3. The van der Waals surface area contributed by atoms with Crippen LogP contribution in [0, 0.1) is 5.82 Å². The van der Waals surface area contributed by atoms with Gasteiger partial charge in [0.2, 0.25) is 0 Å². The Balaban J connectivity index is 1.83. The number of nitrogens with zero attached hydrogens (tertiary/aromatic N) is 1. The van der Waals surface area contributed by atoms with Gasteiger partial charge in [-0.25, -0.2) is 4.39 Å². The normalized spacial score (nSPS) is 11.9. The number of aliphatic imine (C=N–C) groups is 1. The van der Waals surface area contributed by atoms with Gasteiger partial charge < -0.3 is 20.4 Å². The molecular formula is C18H27FN4O. The summed E-state index contributed by atoms with van der Waals surface area (Å²) >= 11 is 0. The molecule has 3 N–H and O–H groups in total. The van der Waals surface area contributed by atoms with Crippen LogP contribution in [0.5, 0.6) is 0 Å². The summed E-state index contributed by atoms with van der Waals surface area (Å²) in [4.78, 5) is 7.65. The largest absolute Gasteiger partial charge is 0.382 e. The molecule has 0 unspecified atom stereocenters. The van der Waals surface area contributed by atoms with Crippen molar-refractivity contribution in [1.29, 1.82) is 0 Å². The molecule has 24 heavy (non-hydrogen) atoms. The van der Waals surface area contributed by atoms with E-state index in [9.17, 15) is 4.39 Å². The topological polar surface area (TPSA) is 61.4 Å². The number of aromatic nitrogens is 1. The molecule has 0 spiro atoms. The lowest BCUT2D eigenvalue weighted by Crippen LogP contribution is -2.38. The molecule has 0 aliphatic carbocycles. The number of hydrogen-bond acceptors (Lipinski definition) is 2. The monoisotopic (exact) mass is 334 g/mol. The van der Waals surface area contributed by atoms with Crippen molar-refractivity contribution < 1.29 is 9.13 Å².